The molecule has 5 nitrogen and oxygen atoms in total. The van der Waals surface area contributed by atoms with E-state index in [1.165, 1.54) is 16.2 Å². The summed E-state index contributed by atoms with van der Waals surface area (Å²) >= 11 is 1.36. The van der Waals surface area contributed by atoms with E-state index < -0.39 is 0 Å². The summed E-state index contributed by atoms with van der Waals surface area (Å²) in [5, 5.41) is 5.18. The Hall–Kier alpha value is -2.65. The summed E-state index contributed by atoms with van der Waals surface area (Å²) in [6.45, 7) is 0.167. The van der Waals surface area contributed by atoms with Gasteiger partial charge in [-0.2, -0.15) is 0 Å². The number of aryl methyl sites for hydroxylation is 1. The maximum absolute atomic E-state index is 12.7. The predicted molar refractivity (Wildman–Crippen MR) is 86.0 cm³/mol. The third-order valence-electron chi connectivity index (χ3n) is 3.39. The number of carbonyl (C=O) groups excluding carboxylic acids is 2. The minimum Gasteiger partial charge on any atom is -0.326 e. The fourth-order valence-corrected chi connectivity index (χ4v) is 2.98. The van der Waals surface area contributed by atoms with Crippen LogP contribution in [0.3, 0.4) is 0 Å². The maximum atomic E-state index is 12.7. The molecule has 0 atom stereocenters. The molecule has 3 rings (SSSR count). The molecule has 0 radical (unpaired) electrons. The van der Waals surface area contributed by atoms with E-state index in [4.69, 9.17) is 6.42 Å². The van der Waals surface area contributed by atoms with Crippen molar-refractivity contribution < 1.29 is 9.59 Å². The first-order valence-electron chi connectivity index (χ1n) is 6.76. The third-order valence-corrected chi connectivity index (χ3v) is 4.19. The number of thiazole rings is 1. The van der Waals surface area contributed by atoms with Gasteiger partial charge in [0.15, 0.2) is 5.13 Å². The van der Waals surface area contributed by atoms with Crippen LogP contribution < -0.4 is 10.2 Å². The molecular formula is C16H13N3O2S. The average Bonchev–Trinajstić information content (AvgIpc) is 3.05. The Kier molecular flexibility index (Phi) is 3.90. The zero-order valence-electron chi connectivity index (χ0n) is 11.7. The molecule has 110 valence electrons. The lowest BCUT2D eigenvalue weighted by atomic mass is 10.00. The van der Waals surface area contributed by atoms with E-state index in [1.807, 2.05) is 6.07 Å². The monoisotopic (exact) mass is 311 g/mol. The molecule has 0 saturated heterocycles. The Bertz CT molecular complexity index is 762. The Morgan fingerprint density at radius 1 is 1.45 bits per heavy atom. The largest absolute Gasteiger partial charge is 0.326 e. The summed E-state index contributed by atoms with van der Waals surface area (Å²) in [5.41, 5.74) is 2.27. The standard InChI is InChI=1S/C16H13N3O2S/c1-2-8-19(16-17-7-9-22-16)15(21)12-3-5-13-11(10-12)4-6-14(20)18-13/h1,3,5,7,9-10H,4,6,8H2,(H,18,20). The van der Waals surface area contributed by atoms with Crippen LogP contribution in [0.25, 0.3) is 0 Å². The zero-order valence-corrected chi connectivity index (χ0v) is 12.5. The fourth-order valence-electron chi connectivity index (χ4n) is 2.34. The van der Waals surface area contributed by atoms with Gasteiger partial charge in [0.2, 0.25) is 5.91 Å². The van der Waals surface area contributed by atoms with Crippen molar-refractivity contribution in [2.24, 2.45) is 0 Å². The van der Waals surface area contributed by atoms with Crippen molar-refractivity contribution in [1.29, 1.82) is 0 Å². The molecule has 0 spiro atoms. The van der Waals surface area contributed by atoms with E-state index in [1.54, 1.807) is 23.7 Å². The Labute approximate surface area is 132 Å². The van der Waals surface area contributed by atoms with Gasteiger partial charge in [-0.1, -0.05) is 5.92 Å². The van der Waals surface area contributed by atoms with Crippen molar-refractivity contribution >= 4 is 34.0 Å². The van der Waals surface area contributed by atoms with Crippen LogP contribution in [0.5, 0.6) is 0 Å². The summed E-state index contributed by atoms with van der Waals surface area (Å²) in [6, 6.07) is 5.27. The number of fused-ring (bicyclic) bond motifs is 1. The van der Waals surface area contributed by atoms with E-state index in [0.717, 1.165) is 11.3 Å². The number of nitrogens with one attached hydrogen (secondary N) is 1. The summed E-state index contributed by atoms with van der Waals surface area (Å²) < 4.78 is 0. The highest BCUT2D eigenvalue weighted by Gasteiger charge is 2.21. The molecule has 2 aromatic rings. The molecule has 1 N–H and O–H groups in total. The average molecular weight is 311 g/mol. The van der Waals surface area contributed by atoms with Gasteiger partial charge in [-0.05, 0) is 30.2 Å². The Morgan fingerprint density at radius 3 is 3.05 bits per heavy atom. The lowest BCUT2D eigenvalue weighted by Crippen LogP contribution is -2.31. The van der Waals surface area contributed by atoms with Crippen LogP contribution in [-0.2, 0) is 11.2 Å². The van der Waals surface area contributed by atoms with Gasteiger partial charge >= 0.3 is 0 Å². The van der Waals surface area contributed by atoms with Crippen LogP contribution in [0.4, 0.5) is 10.8 Å². The number of rotatable bonds is 3. The lowest BCUT2D eigenvalue weighted by Gasteiger charge is -2.20. The second-order valence-corrected chi connectivity index (χ2v) is 5.70. The van der Waals surface area contributed by atoms with Crippen molar-refractivity contribution in [2.75, 3.05) is 16.8 Å². The van der Waals surface area contributed by atoms with Crippen LogP contribution in [-0.4, -0.2) is 23.3 Å². The van der Waals surface area contributed by atoms with Crippen LogP contribution in [0.1, 0.15) is 22.3 Å². The van der Waals surface area contributed by atoms with Gasteiger partial charge < -0.3 is 5.32 Å². The van der Waals surface area contributed by atoms with E-state index in [0.29, 0.717) is 23.5 Å². The minimum absolute atomic E-state index is 0.00307. The maximum Gasteiger partial charge on any atom is 0.260 e. The highest BCUT2D eigenvalue weighted by atomic mass is 32.1. The van der Waals surface area contributed by atoms with Crippen LogP contribution in [0.15, 0.2) is 29.8 Å². The molecular weight excluding hydrogens is 298 g/mol. The Morgan fingerprint density at radius 2 is 2.32 bits per heavy atom. The van der Waals surface area contributed by atoms with Gasteiger partial charge in [-0.3, -0.25) is 14.5 Å². The second kappa shape index (κ2) is 6.00. The number of benzene rings is 1. The van der Waals surface area contributed by atoms with Crippen LogP contribution in [0, 0.1) is 12.3 Å². The smallest absolute Gasteiger partial charge is 0.260 e. The SMILES string of the molecule is C#CCN(C(=O)c1ccc2c(c1)CCC(=O)N2)c1nccs1. The zero-order chi connectivity index (χ0) is 15.5. The van der Waals surface area contributed by atoms with Crippen LogP contribution in [0.2, 0.25) is 0 Å². The normalized spacial score (nSPS) is 13.0. The summed E-state index contributed by atoms with van der Waals surface area (Å²) in [7, 11) is 0. The highest BCUT2D eigenvalue weighted by molar-refractivity contribution is 7.13. The number of carbonyl (C=O) groups is 2. The van der Waals surface area contributed by atoms with Crippen LogP contribution >= 0.6 is 11.3 Å². The minimum atomic E-state index is -0.187. The number of aromatic nitrogens is 1. The van der Waals surface area contributed by atoms with E-state index >= 15 is 0 Å². The van der Waals surface area contributed by atoms with Gasteiger partial charge in [0, 0.05) is 29.2 Å². The number of anilines is 2. The molecule has 2 heterocycles. The van der Waals surface area contributed by atoms with Crippen molar-refractivity contribution in [3.05, 3.63) is 40.9 Å². The summed E-state index contributed by atoms with van der Waals surface area (Å²) in [5.74, 6) is 2.31. The first-order valence-corrected chi connectivity index (χ1v) is 7.64. The van der Waals surface area contributed by atoms with Crippen molar-refractivity contribution in [3.8, 4) is 12.3 Å². The first kappa shape index (κ1) is 14.3. The molecule has 0 unspecified atom stereocenters. The number of hydrogen-bond acceptors (Lipinski definition) is 4. The molecule has 0 bridgehead atoms. The molecule has 0 fully saturated rings. The fraction of sp³-hybridized carbons (Fsp3) is 0.188. The van der Waals surface area contributed by atoms with Gasteiger partial charge in [0.05, 0.1) is 6.54 Å². The van der Waals surface area contributed by atoms with Crippen molar-refractivity contribution in [1.82, 2.24) is 4.98 Å². The summed E-state index contributed by atoms with van der Waals surface area (Å²) in [6.07, 6.45) is 8.07. The van der Waals surface area contributed by atoms with E-state index in [-0.39, 0.29) is 18.4 Å². The molecule has 0 saturated carbocycles. The predicted octanol–water partition coefficient (Wildman–Crippen LogP) is 2.31. The van der Waals surface area contributed by atoms with Gasteiger partial charge in [-0.15, -0.1) is 17.8 Å². The topological polar surface area (TPSA) is 62.3 Å². The van der Waals surface area contributed by atoms with Gasteiger partial charge in [0.25, 0.3) is 5.91 Å². The number of amides is 2. The molecule has 1 aromatic heterocycles. The third kappa shape index (κ3) is 2.71. The van der Waals surface area contributed by atoms with Crippen molar-refractivity contribution in [3.63, 3.8) is 0 Å². The summed E-state index contributed by atoms with van der Waals surface area (Å²) in [4.78, 5) is 29.7. The van der Waals surface area contributed by atoms with E-state index in [2.05, 4.69) is 16.2 Å². The van der Waals surface area contributed by atoms with Crippen molar-refractivity contribution in [2.45, 2.75) is 12.8 Å². The Balaban J connectivity index is 1.91. The molecule has 22 heavy (non-hydrogen) atoms. The molecule has 2 amide bonds. The number of terminal acetylenes is 1. The molecule has 1 aromatic carbocycles. The lowest BCUT2D eigenvalue weighted by molar-refractivity contribution is -0.116. The molecule has 0 aliphatic carbocycles. The van der Waals surface area contributed by atoms with Gasteiger partial charge in [-0.25, -0.2) is 4.98 Å². The molecule has 1 aliphatic rings. The number of nitrogens with zero attached hydrogens (tertiary/aromatic N) is 2. The van der Waals surface area contributed by atoms with Gasteiger partial charge in [0.1, 0.15) is 0 Å². The van der Waals surface area contributed by atoms with E-state index in [9.17, 15) is 9.59 Å². The highest BCUT2D eigenvalue weighted by Crippen LogP contribution is 2.25. The number of hydrogen-bond donors (Lipinski definition) is 1. The quantitative estimate of drug-likeness (QED) is 0.885. The second-order valence-electron chi connectivity index (χ2n) is 4.83. The molecule has 6 heteroatoms. The first-order chi connectivity index (χ1) is 10.7. The molecule has 1 aliphatic heterocycles.